The van der Waals surface area contributed by atoms with Crippen LogP contribution in [-0.4, -0.2) is 53.2 Å². The molecule has 3 N–H and O–H groups in total. The zero-order valence-electron chi connectivity index (χ0n) is 21.1. The summed E-state index contributed by atoms with van der Waals surface area (Å²) < 4.78 is 0. The van der Waals surface area contributed by atoms with Gasteiger partial charge in [0, 0.05) is 24.1 Å². The Morgan fingerprint density at radius 1 is 1.24 bits per heavy atom. The van der Waals surface area contributed by atoms with Crippen LogP contribution in [0.1, 0.15) is 78.2 Å². The van der Waals surface area contributed by atoms with Gasteiger partial charge in [-0.15, -0.1) is 0 Å². The fourth-order valence-electron chi connectivity index (χ4n) is 4.59. The SMILES string of the molecule is CCCCC(O)C(CC1CC1)C(=O)N[C@H]1N=C(C(C)(C)C)c2ccccc2N(CCCO)C1=O. The topological polar surface area (TPSA) is 102 Å². The van der Waals surface area contributed by atoms with E-state index in [0.29, 0.717) is 31.7 Å². The number of rotatable bonds is 11. The largest absolute Gasteiger partial charge is 0.396 e. The molecular weight excluding hydrogens is 430 g/mol. The van der Waals surface area contributed by atoms with Crippen molar-refractivity contribution in [3.63, 3.8) is 0 Å². The highest BCUT2D eigenvalue weighted by atomic mass is 16.3. The number of benzodiazepines with no additional fused rings is 1. The fourth-order valence-corrected chi connectivity index (χ4v) is 4.59. The number of hydrogen-bond donors (Lipinski definition) is 3. The average molecular weight is 472 g/mol. The van der Waals surface area contributed by atoms with Gasteiger partial charge < -0.3 is 20.4 Å². The second-order valence-corrected chi connectivity index (χ2v) is 10.7. The molecule has 1 aliphatic heterocycles. The maximum atomic E-state index is 13.7. The third-order valence-electron chi connectivity index (χ3n) is 6.68. The maximum absolute atomic E-state index is 13.7. The number of hydrogen-bond acceptors (Lipinski definition) is 5. The van der Waals surface area contributed by atoms with Gasteiger partial charge >= 0.3 is 0 Å². The van der Waals surface area contributed by atoms with Crippen molar-refractivity contribution in [2.45, 2.75) is 84.9 Å². The molecule has 0 radical (unpaired) electrons. The van der Waals surface area contributed by atoms with Gasteiger partial charge in [-0.1, -0.05) is 71.6 Å². The quantitative estimate of drug-likeness (QED) is 0.458. The van der Waals surface area contributed by atoms with Gasteiger partial charge in [-0.3, -0.25) is 14.6 Å². The molecule has 3 rings (SSSR count). The Labute approximate surface area is 203 Å². The molecule has 3 atom stereocenters. The van der Waals surface area contributed by atoms with Crippen molar-refractivity contribution < 1.29 is 19.8 Å². The Bertz CT molecular complexity index is 888. The third kappa shape index (κ3) is 6.45. The summed E-state index contributed by atoms with van der Waals surface area (Å²) in [5.74, 6) is -0.701. The Hall–Kier alpha value is -2.25. The Morgan fingerprint density at radius 3 is 2.56 bits per heavy atom. The third-order valence-corrected chi connectivity index (χ3v) is 6.68. The molecular formula is C27H41N3O4. The monoisotopic (exact) mass is 471 g/mol. The van der Waals surface area contributed by atoms with Crippen molar-refractivity contribution in [1.82, 2.24) is 5.32 Å². The van der Waals surface area contributed by atoms with Crippen LogP contribution in [0.2, 0.25) is 0 Å². The number of aliphatic hydroxyl groups is 2. The van der Waals surface area contributed by atoms with Crippen LogP contribution in [0.15, 0.2) is 29.3 Å². The summed E-state index contributed by atoms with van der Waals surface area (Å²) in [7, 11) is 0. The van der Waals surface area contributed by atoms with Crippen molar-refractivity contribution in [3.8, 4) is 0 Å². The number of benzene rings is 1. The van der Waals surface area contributed by atoms with Crippen LogP contribution in [0.4, 0.5) is 5.69 Å². The van der Waals surface area contributed by atoms with E-state index in [1.807, 2.05) is 45.0 Å². The van der Waals surface area contributed by atoms with E-state index in [0.717, 1.165) is 42.6 Å². The Morgan fingerprint density at radius 2 is 1.94 bits per heavy atom. The summed E-state index contributed by atoms with van der Waals surface area (Å²) in [6.07, 6.45) is 3.81. The van der Waals surface area contributed by atoms with E-state index < -0.39 is 18.2 Å². The summed E-state index contributed by atoms with van der Waals surface area (Å²) in [6, 6.07) is 7.64. The minimum Gasteiger partial charge on any atom is -0.396 e. The second-order valence-electron chi connectivity index (χ2n) is 10.7. The van der Waals surface area contributed by atoms with E-state index in [9.17, 15) is 19.8 Å². The highest BCUT2D eigenvalue weighted by Gasteiger charge is 2.39. The standard InChI is InChI=1S/C27H41N3O4/c1-5-6-12-22(32)20(17-18-13-14-18)25(33)29-24-26(34)30(15-9-16-31)21-11-8-7-10-19(21)23(28-24)27(2,3)4/h7-8,10-11,18,20,22,24,31-32H,5-6,9,12-17H2,1-4H3,(H,29,33)/t20?,22?,24-/m1/s1. The van der Waals surface area contributed by atoms with E-state index in [4.69, 9.17) is 4.99 Å². The molecule has 2 unspecified atom stereocenters. The van der Waals surface area contributed by atoms with Gasteiger partial charge in [0.05, 0.1) is 23.4 Å². The van der Waals surface area contributed by atoms with Crippen LogP contribution in [0.25, 0.3) is 0 Å². The number of anilines is 1. The lowest BCUT2D eigenvalue weighted by molar-refractivity contribution is -0.133. The fraction of sp³-hybridized carbons (Fsp3) is 0.667. The van der Waals surface area contributed by atoms with Gasteiger partial charge in [-0.25, -0.2) is 0 Å². The van der Waals surface area contributed by atoms with Crippen LogP contribution >= 0.6 is 0 Å². The van der Waals surface area contributed by atoms with Crippen molar-refractivity contribution in [2.75, 3.05) is 18.1 Å². The molecule has 2 amide bonds. The molecule has 0 spiro atoms. The first kappa shape index (κ1) is 26.4. The summed E-state index contributed by atoms with van der Waals surface area (Å²) in [5.41, 5.74) is 1.98. The highest BCUT2D eigenvalue weighted by molar-refractivity contribution is 6.15. The molecule has 1 fully saturated rings. The number of aliphatic imine (C=N–C) groups is 1. The Balaban J connectivity index is 1.94. The summed E-state index contributed by atoms with van der Waals surface area (Å²) in [6.45, 7) is 8.48. The molecule has 188 valence electrons. The average Bonchev–Trinajstić information content (AvgIpc) is 3.62. The molecule has 0 bridgehead atoms. The number of fused-ring (bicyclic) bond motifs is 1. The molecule has 1 aromatic carbocycles. The molecule has 2 aliphatic rings. The molecule has 1 saturated carbocycles. The number of carbonyl (C=O) groups excluding carboxylic acids is 2. The van der Waals surface area contributed by atoms with Gasteiger partial charge in [-0.2, -0.15) is 0 Å². The van der Waals surface area contributed by atoms with Gasteiger partial charge in [-0.05, 0) is 31.2 Å². The zero-order chi connectivity index (χ0) is 24.9. The Kier molecular flexibility index (Phi) is 8.88. The van der Waals surface area contributed by atoms with Crippen LogP contribution in [-0.2, 0) is 9.59 Å². The molecule has 0 saturated heterocycles. The number of nitrogens with one attached hydrogen (secondary N) is 1. The summed E-state index contributed by atoms with van der Waals surface area (Å²) >= 11 is 0. The number of nitrogens with zero attached hydrogens (tertiary/aromatic N) is 2. The van der Waals surface area contributed by atoms with E-state index >= 15 is 0 Å². The first-order valence-electron chi connectivity index (χ1n) is 12.8. The van der Waals surface area contributed by atoms with Crippen molar-refractivity contribution in [1.29, 1.82) is 0 Å². The van der Waals surface area contributed by atoms with Crippen molar-refractivity contribution >= 4 is 23.2 Å². The van der Waals surface area contributed by atoms with Crippen molar-refractivity contribution in [2.24, 2.45) is 22.2 Å². The number of para-hydroxylation sites is 1. The van der Waals surface area contributed by atoms with Gasteiger partial charge in [0.15, 0.2) is 0 Å². The zero-order valence-corrected chi connectivity index (χ0v) is 21.1. The van der Waals surface area contributed by atoms with E-state index in [1.54, 1.807) is 4.90 Å². The second kappa shape index (κ2) is 11.5. The minimum absolute atomic E-state index is 0.0386. The molecule has 7 heteroatoms. The lowest BCUT2D eigenvalue weighted by atomic mass is 9.84. The molecule has 34 heavy (non-hydrogen) atoms. The molecule has 0 aromatic heterocycles. The predicted molar refractivity (Wildman–Crippen MR) is 135 cm³/mol. The first-order chi connectivity index (χ1) is 16.2. The summed E-state index contributed by atoms with van der Waals surface area (Å²) in [4.78, 5) is 33.6. The lowest BCUT2D eigenvalue weighted by Crippen LogP contribution is -2.50. The predicted octanol–water partition coefficient (Wildman–Crippen LogP) is 3.66. The first-order valence-corrected chi connectivity index (χ1v) is 12.8. The number of aliphatic hydroxyl groups excluding tert-OH is 2. The van der Waals surface area contributed by atoms with E-state index in [1.165, 1.54) is 0 Å². The van der Waals surface area contributed by atoms with Crippen LogP contribution in [0.5, 0.6) is 0 Å². The van der Waals surface area contributed by atoms with E-state index in [-0.39, 0.29) is 23.8 Å². The molecule has 7 nitrogen and oxygen atoms in total. The van der Waals surface area contributed by atoms with Crippen LogP contribution in [0.3, 0.4) is 0 Å². The smallest absolute Gasteiger partial charge is 0.272 e. The summed E-state index contributed by atoms with van der Waals surface area (Å²) in [5, 5.41) is 23.1. The lowest BCUT2D eigenvalue weighted by Gasteiger charge is -2.27. The van der Waals surface area contributed by atoms with Crippen LogP contribution < -0.4 is 10.2 Å². The number of carbonyl (C=O) groups is 2. The normalized spacial score (nSPS) is 20.3. The van der Waals surface area contributed by atoms with Gasteiger partial charge in [0.1, 0.15) is 0 Å². The number of unbranched alkanes of at least 4 members (excludes halogenated alkanes) is 1. The highest BCUT2D eigenvalue weighted by Crippen LogP contribution is 2.37. The van der Waals surface area contributed by atoms with E-state index in [2.05, 4.69) is 12.2 Å². The molecule has 1 aliphatic carbocycles. The molecule has 1 aromatic rings. The molecule has 1 heterocycles. The number of amides is 2. The van der Waals surface area contributed by atoms with Gasteiger partial charge in [0.25, 0.3) is 5.91 Å². The van der Waals surface area contributed by atoms with Gasteiger partial charge in [0.2, 0.25) is 12.1 Å². The van der Waals surface area contributed by atoms with Crippen molar-refractivity contribution in [3.05, 3.63) is 29.8 Å². The van der Waals surface area contributed by atoms with Crippen LogP contribution in [0, 0.1) is 17.3 Å². The minimum atomic E-state index is -1.08. The maximum Gasteiger partial charge on any atom is 0.272 e.